The highest BCUT2D eigenvalue weighted by Crippen LogP contribution is 2.37. The zero-order valence-electron chi connectivity index (χ0n) is 8.96. The highest BCUT2D eigenvalue weighted by molar-refractivity contribution is 5.26. The van der Waals surface area contributed by atoms with Crippen LogP contribution in [0.3, 0.4) is 0 Å². The van der Waals surface area contributed by atoms with Crippen molar-refractivity contribution in [3.05, 3.63) is 35.1 Å². The third-order valence-electron chi connectivity index (χ3n) is 2.93. The van der Waals surface area contributed by atoms with Crippen LogP contribution in [0.5, 0.6) is 0 Å². The summed E-state index contributed by atoms with van der Waals surface area (Å²) in [5.41, 5.74) is 4.68. The van der Waals surface area contributed by atoms with Crippen molar-refractivity contribution in [3.63, 3.8) is 0 Å². The molecule has 15 heavy (non-hydrogen) atoms. The van der Waals surface area contributed by atoms with Crippen LogP contribution in [0.4, 0.5) is 4.39 Å². The molecule has 0 aliphatic heterocycles. The van der Waals surface area contributed by atoms with E-state index in [2.05, 4.69) is 5.43 Å². The van der Waals surface area contributed by atoms with Gasteiger partial charge in [0.05, 0.1) is 0 Å². The van der Waals surface area contributed by atoms with E-state index >= 15 is 0 Å². The second kappa shape index (κ2) is 4.29. The molecule has 0 aromatic heterocycles. The van der Waals surface area contributed by atoms with Crippen LogP contribution in [0.2, 0.25) is 0 Å². The first-order valence-corrected chi connectivity index (χ1v) is 5.42. The molecule has 0 bridgehead atoms. The van der Waals surface area contributed by atoms with Crippen molar-refractivity contribution >= 4 is 0 Å². The van der Waals surface area contributed by atoms with Gasteiger partial charge < -0.3 is 0 Å². The fourth-order valence-corrected chi connectivity index (χ4v) is 1.95. The summed E-state index contributed by atoms with van der Waals surface area (Å²) in [5.74, 6) is 6.10. The van der Waals surface area contributed by atoms with Gasteiger partial charge in [-0.2, -0.15) is 0 Å². The second-order valence-corrected chi connectivity index (χ2v) is 4.46. The van der Waals surface area contributed by atoms with Gasteiger partial charge >= 0.3 is 0 Å². The smallest absolute Gasteiger partial charge is 0.123 e. The molecule has 3 heteroatoms. The monoisotopic (exact) mass is 208 g/mol. The number of hydrazine groups is 1. The summed E-state index contributed by atoms with van der Waals surface area (Å²) in [6.07, 6.45) is 3.58. The first-order valence-electron chi connectivity index (χ1n) is 5.42. The number of aryl methyl sites for hydroxylation is 1. The van der Waals surface area contributed by atoms with Crippen LogP contribution in [0, 0.1) is 18.7 Å². The van der Waals surface area contributed by atoms with E-state index in [0.29, 0.717) is 0 Å². The minimum atomic E-state index is -0.180. The van der Waals surface area contributed by atoms with Crippen molar-refractivity contribution in [1.29, 1.82) is 0 Å². The SMILES string of the molecule is Cc1cc(F)cc(C(CC2CC2)NN)c1. The molecule has 1 saturated carbocycles. The molecule has 1 aliphatic carbocycles. The van der Waals surface area contributed by atoms with E-state index < -0.39 is 0 Å². The number of benzene rings is 1. The fourth-order valence-electron chi connectivity index (χ4n) is 1.95. The second-order valence-electron chi connectivity index (χ2n) is 4.46. The third-order valence-corrected chi connectivity index (χ3v) is 2.93. The Hall–Kier alpha value is -0.930. The first-order chi connectivity index (χ1) is 7.19. The Bertz CT molecular complexity index is 327. The van der Waals surface area contributed by atoms with Crippen LogP contribution >= 0.6 is 0 Å². The molecule has 0 heterocycles. The topological polar surface area (TPSA) is 38.0 Å². The predicted octanol–water partition coefficient (Wildman–Crippen LogP) is 2.44. The summed E-state index contributed by atoms with van der Waals surface area (Å²) in [6.45, 7) is 1.90. The lowest BCUT2D eigenvalue weighted by Gasteiger charge is -2.16. The lowest BCUT2D eigenvalue weighted by molar-refractivity contribution is 0.483. The largest absolute Gasteiger partial charge is 0.271 e. The Morgan fingerprint density at radius 3 is 2.73 bits per heavy atom. The number of nitrogens with one attached hydrogen (secondary N) is 1. The maximum atomic E-state index is 13.2. The molecule has 1 unspecified atom stereocenters. The van der Waals surface area contributed by atoms with E-state index in [1.165, 1.54) is 18.9 Å². The van der Waals surface area contributed by atoms with E-state index in [1.807, 2.05) is 13.0 Å². The van der Waals surface area contributed by atoms with Crippen molar-refractivity contribution in [2.24, 2.45) is 11.8 Å². The van der Waals surface area contributed by atoms with E-state index in [-0.39, 0.29) is 11.9 Å². The maximum absolute atomic E-state index is 13.2. The standard InChI is InChI=1S/C12H17FN2/c1-8-4-10(7-11(13)5-8)12(15-14)6-9-2-3-9/h4-5,7,9,12,15H,2-3,6,14H2,1H3. The Kier molecular flexibility index (Phi) is 3.03. The molecule has 0 spiro atoms. The molecule has 2 rings (SSSR count). The van der Waals surface area contributed by atoms with Gasteiger partial charge in [0, 0.05) is 6.04 Å². The molecule has 1 aromatic rings. The van der Waals surface area contributed by atoms with Crippen LogP contribution in [0.15, 0.2) is 18.2 Å². The predicted molar refractivity (Wildman–Crippen MR) is 58.5 cm³/mol. The number of hydrogen-bond acceptors (Lipinski definition) is 2. The summed E-state index contributed by atoms with van der Waals surface area (Å²) in [4.78, 5) is 0. The molecule has 2 nitrogen and oxygen atoms in total. The van der Waals surface area contributed by atoms with E-state index in [0.717, 1.165) is 23.5 Å². The van der Waals surface area contributed by atoms with E-state index in [4.69, 9.17) is 5.84 Å². The first kappa shape index (κ1) is 10.6. The van der Waals surface area contributed by atoms with Gasteiger partial charge in [0.1, 0.15) is 5.82 Å². The molecule has 0 amide bonds. The Labute approximate surface area is 89.6 Å². The molecule has 1 aromatic carbocycles. The number of rotatable bonds is 4. The van der Waals surface area contributed by atoms with Crippen LogP contribution in [-0.2, 0) is 0 Å². The van der Waals surface area contributed by atoms with Crippen LogP contribution < -0.4 is 11.3 Å². The molecule has 0 saturated heterocycles. The van der Waals surface area contributed by atoms with Gasteiger partial charge in [-0.05, 0) is 42.5 Å². The van der Waals surface area contributed by atoms with Gasteiger partial charge in [0.25, 0.3) is 0 Å². The summed E-state index contributed by atoms with van der Waals surface area (Å²) in [7, 11) is 0. The lowest BCUT2D eigenvalue weighted by Crippen LogP contribution is -2.28. The van der Waals surface area contributed by atoms with E-state index in [1.54, 1.807) is 6.07 Å². The quantitative estimate of drug-likeness (QED) is 0.589. The molecule has 0 radical (unpaired) electrons. The Morgan fingerprint density at radius 2 is 2.20 bits per heavy atom. The zero-order valence-corrected chi connectivity index (χ0v) is 8.96. The van der Waals surface area contributed by atoms with Gasteiger partial charge in [-0.3, -0.25) is 11.3 Å². The Balaban J connectivity index is 2.16. The highest BCUT2D eigenvalue weighted by atomic mass is 19.1. The number of halogens is 1. The molecule has 82 valence electrons. The van der Waals surface area contributed by atoms with Gasteiger partial charge in [-0.25, -0.2) is 4.39 Å². The molecule has 3 N–H and O–H groups in total. The minimum absolute atomic E-state index is 0.0897. The van der Waals surface area contributed by atoms with Crippen molar-refractivity contribution in [1.82, 2.24) is 5.43 Å². The van der Waals surface area contributed by atoms with Gasteiger partial charge in [0.15, 0.2) is 0 Å². The van der Waals surface area contributed by atoms with Crippen LogP contribution in [0.1, 0.15) is 36.4 Å². The van der Waals surface area contributed by atoms with Gasteiger partial charge in [-0.1, -0.05) is 18.9 Å². The average Bonchev–Trinajstić information content (AvgIpc) is 2.96. The molecular weight excluding hydrogens is 191 g/mol. The fraction of sp³-hybridized carbons (Fsp3) is 0.500. The average molecular weight is 208 g/mol. The maximum Gasteiger partial charge on any atom is 0.123 e. The molecular formula is C12H17FN2. The number of nitrogens with two attached hydrogens (primary N) is 1. The summed E-state index contributed by atoms with van der Waals surface area (Å²) >= 11 is 0. The number of hydrogen-bond donors (Lipinski definition) is 2. The minimum Gasteiger partial charge on any atom is -0.271 e. The normalized spacial score (nSPS) is 17.8. The zero-order chi connectivity index (χ0) is 10.8. The molecule has 1 fully saturated rings. The molecule has 1 atom stereocenters. The summed E-state index contributed by atoms with van der Waals surface area (Å²) < 4.78 is 13.2. The van der Waals surface area contributed by atoms with Crippen LogP contribution in [-0.4, -0.2) is 0 Å². The van der Waals surface area contributed by atoms with E-state index in [9.17, 15) is 4.39 Å². The summed E-state index contributed by atoms with van der Waals surface area (Å²) in [6, 6.07) is 5.19. The van der Waals surface area contributed by atoms with Crippen LogP contribution in [0.25, 0.3) is 0 Å². The summed E-state index contributed by atoms with van der Waals surface area (Å²) in [5, 5.41) is 0. The van der Waals surface area contributed by atoms with Crippen molar-refractivity contribution in [2.75, 3.05) is 0 Å². The van der Waals surface area contributed by atoms with Crippen molar-refractivity contribution < 1.29 is 4.39 Å². The lowest BCUT2D eigenvalue weighted by atomic mass is 10.00. The van der Waals surface area contributed by atoms with Crippen molar-refractivity contribution in [3.8, 4) is 0 Å². The highest BCUT2D eigenvalue weighted by Gasteiger charge is 2.25. The van der Waals surface area contributed by atoms with Gasteiger partial charge in [0.2, 0.25) is 0 Å². The Morgan fingerprint density at radius 1 is 1.47 bits per heavy atom. The van der Waals surface area contributed by atoms with Crippen molar-refractivity contribution in [2.45, 2.75) is 32.2 Å². The molecule has 1 aliphatic rings. The van der Waals surface area contributed by atoms with Gasteiger partial charge in [-0.15, -0.1) is 0 Å². The third kappa shape index (κ3) is 2.76.